The molecule has 2 aromatic carbocycles. The molecule has 0 amide bonds. The Morgan fingerprint density at radius 1 is 1.03 bits per heavy atom. The van der Waals surface area contributed by atoms with Crippen LogP contribution in [0.15, 0.2) is 66.7 Å². The van der Waals surface area contributed by atoms with Crippen LogP contribution >= 0.6 is 0 Å². The molecule has 1 N–H and O–H groups in total. The first-order valence-corrected chi connectivity index (χ1v) is 11.2. The van der Waals surface area contributed by atoms with Crippen molar-refractivity contribution in [2.75, 3.05) is 26.2 Å². The normalized spacial score (nSPS) is 17.2. The van der Waals surface area contributed by atoms with Gasteiger partial charge < -0.3 is 9.67 Å². The van der Waals surface area contributed by atoms with Gasteiger partial charge in [0, 0.05) is 30.1 Å². The Morgan fingerprint density at radius 2 is 1.65 bits per heavy atom. The van der Waals surface area contributed by atoms with E-state index >= 15 is 0 Å². The molecular weight excluding hydrogens is 384 g/mol. The zero-order valence-electron chi connectivity index (χ0n) is 18.5. The number of aryl methyl sites for hydroxylation is 1. The first-order valence-electron chi connectivity index (χ1n) is 11.2. The van der Waals surface area contributed by atoms with Crippen LogP contribution in [0.25, 0.3) is 0 Å². The highest BCUT2D eigenvalue weighted by atomic mass is 16.3. The van der Waals surface area contributed by atoms with Crippen LogP contribution in [-0.2, 0) is 0 Å². The Balaban J connectivity index is 1.67. The van der Waals surface area contributed by atoms with Crippen LogP contribution in [0, 0.1) is 19.8 Å². The fourth-order valence-corrected chi connectivity index (χ4v) is 4.95. The zero-order valence-corrected chi connectivity index (χ0v) is 18.5. The van der Waals surface area contributed by atoms with Crippen molar-refractivity contribution < 1.29 is 9.90 Å². The monoisotopic (exact) mass is 416 g/mol. The molecule has 1 aromatic heterocycles. The summed E-state index contributed by atoms with van der Waals surface area (Å²) in [5.74, 6) is 0.451. The van der Waals surface area contributed by atoms with E-state index in [0.29, 0.717) is 6.54 Å². The number of nitrogens with zero attached hydrogens (tertiary/aromatic N) is 2. The minimum Gasteiger partial charge on any atom is -0.396 e. The highest BCUT2D eigenvalue weighted by Gasteiger charge is 2.26. The Morgan fingerprint density at radius 3 is 2.23 bits per heavy atom. The van der Waals surface area contributed by atoms with Crippen molar-refractivity contribution in [3.8, 4) is 0 Å². The maximum Gasteiger partial charge on any atom is 0.178 e. The van der Waals surface area contributed by atoms with E-state index in [9.17, 15) is 9.90 Å². The third-order valence-corrected chi connectivity index (χ3v) is 6.50. The van der Waals surface area contributed by atoms with Crippen molar-refractivity contribution in [2.24, 2.45) is 5.92 Å². The van der Waals surface area contributed by atoms with Crippen LogP contribution in [0.1, 0.15) is 51.8 Å². The van der Waals surface area contributed by atoms with Crippen LogP contribution in [0.2, 0.25) is 0 Å². The SMILES string of the molecule is Cc1cc(C(=O)CN2CCCC(CO)C2)c(C)n1C(c1ccccc1)c1ccccc1. The largest absolute Gasteiger partial charge is 0.396 e. The van der Waals surface area contributed by atoms with Gasteiger partial charge in [0.2, 0.25) is 0 Å². The predicted molar refractivity (Wildman–Crippen MR) is 125 cm³/mol. The summed E-state index contributed by atoms with van der Waals surface area (Å²) in [4.78, 5) is 15.5. The molecule has 4 nitrogen and oxygen atoms in total. The lowest BCUT2D eigenvalue weighted by Crippen LogP contribution is -2.39. The number of benzene rings is 2. The molecule has 0 radical (unpaired) electrons. The number of aromatic nitrogens is 1. The lowest BCUT2D eigenvalue weighted by atomic mass is 9.97. The first kappa shape index (κ1) is 21.5. The summed E-state index contributed by atoms with van der Waals surface area (Å²) in [6.07, 6.45) is 2.09. The average Bonchev–Trinajstić information content (AvgIpc) is 3.10. The van der Waals surface area contributed by atoms with E-state index in [1.54, 1.807) is 0 Å². The average molecular weight is 417 g/mol. The molecule has 31 heavy (non-hydrogen) atoms. The number of carbonyl (C=O) groups excluding carboxylic acids is 1. The number of likely N-dealkylation sites (tertiary alicyclic amines) is 1. The lowest BCUT2D eigenvalue weighted by molar-refractivity contribution is 0.0833. The van der Waals surface area contributed by atoms with Crippen molar-refractivity contribution >= 4 is 5.78 Å². The molecule has 2 heterocycles. The van der Waals surface area contributed by atoms with E-state index < -0.39 is 0 Å². The summed E-state index contributed by atoms with van der Waals surface area (Å²) < 4.78 is 2.30. The van der Waals surface area contributed by atoms with Gasteiger partial charge in [-0.2, -0.15) is 0 Å². The van der Waals surface area contributed by atoms with Gasteiger partial charge in [0.15, 0.2) is 5.78 Å². The van der Waals surface area contributed by atoms with Crippen LogP contribution in [-0.4, -0.2) is 46.6 Å². The third kappa shape index (κ3) is 4.65. The highest BCUT2D eigenvalue weighted by molar-refractivity contribution is 5.99. The fourth-order valence-electron chi connectivity index (χ4n) is 4.95. The number of aliphatic hydroxyl groups is 1. The van der Waals surface area contributed by atoms with Gasteiger partial charge >= 0.3 is 0 Å². The molecule has 0 bridgehead atoms. The van der Waals surface area contributed by atoms with Gasteiger partial charge in [0.25, 0.3) is 0 Å². The summed E-state index contributed by atoms with van der Waals surface area (Å²) >= 11 is 0. The quantitative estimate of drug-likeness (QED) is 0.571. The van der Waals surface area contributed by atoms with E-state index in [2.05, 4.69) is 71.8 Å². The van der Waals surface area contributed by atoms with E-state index in [1.807, 2.05) is 18.2 Å². The Kier molecular flexibility index (Phi) is 6.69. The van der Waals surface area contributed by atoms with E-state index in [0.717, 1.165) is 42.9 Å². The van der Waals surface area contributed by atoms with Crippen molar-refractivity contribution in [1.82, 2.24) is 9.47 Å². The summed E-state index contributed by atoms with van der Waals surface area (Å²) in [6, 6.07) is 23.0. The molecule has 3 aromatic rings. The minimum atomic E-state index is 0.0257. The van der Waals surface area contributed by atoms with Crippen molar-refractivity contribution in [2.45, 2.75) is 32.7 Å². The topological polar surface area (TPSA) is 45.5 Å². The van der Waals surface area contributed by atoms with Crippen LogP contribution < -0.4 is 0 Å². The van der Waals surface area contributed by atoms with Crippen LogP contribution in [0.5, 0.6) is 0 Å². The van der Waals surface area contributed by atoms with Gasteiger partial charge in [0.1, 0.15) is 0 Å². The number of rotatable bonds is 7. The summed E-state index contributed by atoms with van der Waals surface area (Å²) in [7, 11) is 0. The maximum atomic E-state index is 13.3. The molecule has 1 atom stereocenters. The standard InChI is InChI=1S/C27H32N2O2/c1-20-16-25(26(31)18-28-15-9-10-22(17-28)19-30)21(2)29(20)27(23-11-5-3-6-12-23)24-13-7-4-8-14-24/h3-8,11-14,16,22,27,30H,9-10,15,17-19H2,1-2H3. The molecule has 1 saturated heterocycles. The van der Waals surface area contributed by atoms with Gasteiger partial charge in [-0.1, -0.05) is 60.7 Å². The van der Waals surface area contributed by atoms with Crippen LogP contribution in [0.4, 0.5) is 0 Å². The molecule has 0 saturated carbocycles. The molecule has 1 aliphatic rings. The van der Waals surface area contributed by atoms with E-state index in [-0.39, 0.29) is 24.3 Å². The molecule has 1 fully saturated rings. The summed E-state index contributed by atoms with van der Waals surface area (Å²) in [5.41, 5.74) is 5.31. The zero-order chi connectivity index (χ0) is 21.8. The molecule has 0 spiro atoms. The number of Topliss-reactive ketones (excluding diaryl/α,β-unsaturated/α-hetero) is 1. The third-order valence-electron chi connectivity index (χ3n) is 6.50. The second-order valence-corrected chi connectivity index (χ2v) is 8.73. The molecular formula is C27H32N2O2. The predicted octanol–water partition coefficient (Wildman–Crippen LogP) is 4.63. The molecule has 4 rings (SSSR count). The Bertz CT molecular complexity index is 971. The van der Waals surface area contributed by atoms with Gasteiger partial charge in [-0.25, -0.2) is 0 Å². The smallest absolute Gasteiger partial charge is 0.178 e. The second kappa shape index (κ2) is 9.63. The molecule has 162 valence electrons. The lowest BCUT2D eigenvalue weighted by Gasteiger charge is -2.31. The Labute approximate surface area is 185 Å². The number of hydrogen-bond donors (Lipinski definition) is 1. The maximum absolute atomic E-state index is 13.3. The molecule has 0 aliphatic carbocycles. The van der Waals surface area contributed by atoms with Gasteiger partial charge in [-0.05, 0) is 56.3 Å². The van der Waals surface area contributed by atoms with Gasteiger partial charge in [-0.15, -0.1) is 0 Å². The number of ketones is 1. The van der Waals surface area contributed by atoms with Gasteiger partial charge in [-0.3, -0.25) is 9.69 Å². The number of aliphatic hydroxyl groups excluding tert-OH is 1. The van der Waals surface area contributed by atoms with Crippen molar-refractivity contribution in [3.63, 3.8) is 0 Å². The van der Waals surface area contributed by atoms with E-state index in [1.165, 1.54) is 11.1 Å². The van der Waals surface area contributed by atoms with Crippen LogP contribution in [0.3, 0.4) is 0 Å². The molecule has 4 heteroatoms. The number of carbonyl (C=O) groups is 1. The summed E-state index contributed by atoms with van der Waals surface area (Å²) in [5, 5.41) is 9.51. The first-order chi connectivity index (χ1) is 15.1. The highest BCUT2D eigenvalue weighted by Crippen LogP contribution is 2.32. The Hall–Kier alpha value is -2.69. The second-order valence-electron chi connectivity index (χ2n) is 8.73. The number of hydrogen-bond acceptors (Lipinski definition) is 3. The molecule has 1 aliphatic heterocycles. The number of piperidine rings is 1. The fraction of sp³-hybridized carbons (Fsp3) is 0.370. The van der Waals surface area contributed by atoms with Crippen molar-refractivity contribution in [3.05, 3.63) is 94.8 Å². The van der Waals surface area contributed by atoms with E-state index in [4.69, 9.17) is 0 Å². The summed E-state index contributed by atoms with van der Waals surface area (Å²) in [6.45, 7) is 6.50. The van der Waals surface area contributed by atoms with Gasteiger partial charge in [0.05, 0.1) is 12.6 Å². The van der Waals surface area contributed by atoms with Crippen molar-refractivity contribution in [1.29, 1.82) is 0 Å². The molecule has 1 unspecified atom stereocenters. The minimum absolute atomic E-state index is 0.0257.